The molecule has 1 aliphatic rings. The van der Waals surface area contributed by atoms with Crippen LogP contribution in [0.4, 0.5) is 9.18 Å². The van der Waals surface area contributed by atoms with Crippen LogP contribution in [0.15, 0.2) is 60.7 Å². The first kappa shape index (κ1) is 26.4. The van der Waals surface area contributed by atoms with Crippen LogP contribution in [0.1, 0.15) is 60.8 Å². The van der Waals surface area contributed by atoms with Crippen LogP contribution in [0.5, 0.6) is 0 Å². The maximum absolute atomic E-state index is 15.8. The van der Waals surface area contributed by atoms with E-state index in [1.54, 1.807) is 4.90 Å². The van der Waals surface area contributed by atoms with Gasteiger partial charge in [0.2, 0.25) is 0 Å². The molecule has 2 aromatic rings. The number of hydrogen-bond donors (Lipinski definition) is 0. The molecule has 1 saturated heterocycles. The molecule has 34 heavy (non-hydrogen) atoms. The molecule has 0 aliphatic carbocycles. The Morgan fingerprint density at radius 2 is 1.38 bits per heavy atom. The maximum Gasteiger partial charge on any atom is 0.410 e. The van der Waals surface area contributed by atoms with Gasteiger partial charge in [0.05, 0.1) is 0 Å². The molecule has 3 rings (SSSR count). The average Bonchev–Trinajstić information content (AvgIpc) is 2.76. The molecule has 6 heteroatoms. The summed E-state index contributed by atoms with van der Waals surface area (Å²) in [6.07, 6.45) is 0.560. The summed E-state index contributed by atoms with van der Waals surface area (Å²) in [5.41, 5.74) is -1.89. The summed E-state index contributed by atoms with van der Waals surface area (Å²) < 4.78 is 28.1. The number of rotatable bonds is 6. The summed E-state index contributed by atoms with van der Waals surface area (Å²) >= 11 is 0. The van der Waals surface area contributed by atoms with Gasteiger partial charge in [0, 0.05) is 26.1 Å². The zero-order chi connectivity index (χ0) is 25.0. The zero-order valence-electron chi connectivity index (χ0n) is 21.6. The summed E-state index contributed by atoms with van der Waals surface area (Å²) in [7, 11) is -2.68. The number of likely N-dealkylation sites (tertiary alicyclic amines) is 1. The van der Waals surface area contributed by atoms with Crippen LogP contribution in [0, 0.1) is 0 Å². The Morgan fingerprint density at radius 3 is 1.79 bits per heavy atom. The molecule has 4 nitrogen and oxygen atoms in total. The number of halogens is 1. The van der Waals surface area contributed by atoms with Gasteiger partial charge in [0.15, 0.2) is 0 Å². The van der Waals surface area contributed by atoms with Crippen molar-refractivity contribution in [2.75, 3.05) is 19.7 Å². The normalized spacial score (nSPS) is 16.9. The van der Waals surface area contributed by atoms with Gasteiger partial charge in [0.1, 0.15) is 11.3 Å². The van der Waals surface area contributed by atoms with Crippen LogP contribution >= 0.6 is 0 Å². The lowest BCUT2D eigenvalue weighted by Gasteiger charge is -2.44. The second-order valence-corrected chi connectivity index (χ2v) is 15.7. The number of amides is 1. The molecule has 0 bridgehead atoms. The Kier molecular flexibility index (Phi) is 7.93. The molecule has 0 unspecified atom stereocenters. The Bertz CT molecular complexity index is 890. The monoisotopic (exact) mass is 485 g/mol. The van der Waals surface area contributed by atoms with Gasteiger partial charge in [-0.2, -0.15) is 0 Å². The molecular weight excluding hydrogens is 445 g/mol. The molecule has 0 spiro atoms. The summed E-state index contributed by atoms with van der Waals surface area (Å²) in [5, 5.41) is 2.25. The highest BCUT2D eigenvalue weighted by Crippen LogP contribution is 2.38. The lowest BCUT2D eigenvalue weighted by Crippen LogP contribution is -2.66. The number of hydrogen-bond acceptors (Lipinski definition) is 3. The van der Waals surface area contributed by atoms with E-state index in [9.17, 15) is 4.79 Å². The van der Waals surface area contributed by atoms with E-state index in [4.69, 9.17) is 9.16 Å². The Balaban J connectivity index is 1.74. The van der Waals surface area contributed by atoms with E-state index in [1.165, 1.54) is 10.4 Å². The topological polar surface area (TPSA) is 38.8 Å². The molecule has 0 atom stereocenters. The first-order valence-corrected chi connectivity index (χ1v) is 14.2. The quantitative estimate of drug-likeness (QED) is 0.493. The summed E-state index contributed by atoms with van der Waals surface area (Å²) in [5.74, 6) is 0. The van der Waals surface area contributed by atoms with Crippen LogP contribution in [0.25, 0.3) is 0 Å². The molecule has 0 N–H and O–H groups in total. The number of carbonyl (C=O) groups is 1. The number of benzene rings is 2. The van der Waals surface area contributed by atoms with Crippen LogP contribution in [0.3, 0.4) is 0 Å². The first-order valence-electron chi connectivity index (χ1n) is 12.3. The molecule has 1 fully saturated rings. The molecule has 1 heterocycles. The molecule has 1 amide bonds. The minimum absolute atomic E-state index is 0.140. The number of ether oxygens (including phenoxy) is 1. The molecule has 0 radical (unpaired) electrons. The van der Waals surface area contributed by atoms with Crippen molar-refractivity contribution < 1.29 is 18.3 Å². The number of carbonyl (C=O) groups excluding carboxylic acids is 1. The van der Waals surface area contributed by atoms with Crippen LogP contribution in [-0.2, 0) is 9.16 Å². The van der Waals surface area contributed by atoms with Crippen molar-refractivity contribution in [2.45, 2.75) is 77.1 Å². The predicted molar refractivity (Wildman–Crippen MR) is 139 cm³/mol. The molecule has 0 aromatic heterocycles. The molecular formula is C28H40FNO3Si. The van der Waals surface area contributed by atoms with Gasteiger partial charge in [0.25, 0.3) is 8.32 Å². The number of piperidine rings is 1. The Morgan fingerprint density at radius 1 is 0.912 bits per heavy atom. The van der Waals surface area contributed by atoms with Crippen molar-refractivity contribution in [3.63, 3.8) is 0 Å². The van der Waals surface area contributed by atoms with E-state index >= 15 is 4.39 Å². The SMILES string of the molecule is CC(C)(C)OC(=O)N1CCC(F)(CCO[Si](c2ccccc2)(c2ccccc2)C(C)(C)C)CC1. The van der Waals surface area contributed by atoms with Gasteiger partial charge >= 0.3 is 6.09 Å². The van der Waals surface area contributed by atoms with Crippen LogP contribution in [0.2, 0.25) is 5.04 Å². The van der Waals surface area contributed by atoms with Gasteiger partial charge in [-0.15, -0.1) is 0 Å². The van der Waals surface area contributed by atoms with E-state index < -0.39 is 19.6 Å². The van der Waals surface area contributed by atoms with Crippen LogP contribution < -0.4 is 10.4 Å². The highest BCUT2D eigenvalue weighted by atomic mass is 28.4. The fraction of sp³-hybridized carbons (Fsp3) is 0.536. The maximum atomic E-state index is 15.8. The fourth-order valence-corrected chi connectivity index (χ4v) is 9.38. The van der Waals surface area contributed by atoms with E-state index in [2.05, 4.69) is 69.3 Å². The van der Waals surface area contributed by atoms with Gasteiger partial charge in [-0.05, 0) is 49.0 Å². The third kappa shape index (κ3) is 6.08. The van der Waals surface area contributed by atoms with E-state index in [0.29, 0.717) is 39.0 Å². The van der Waals surface area contributed by atoms with E-state index in [1.807, 2.05) is 32.9 Å². The Labute approximate surface area is 205 Å². The second-order valence-electron chi connectivity index (χ2n) is 11.4. The highest BCUT2D eigenvalue weighted by Gasteiger charge is 2.50. The van der Waals surface area contributed by atoms with E-state index in [-0.39, 0.29) is 11.1 Å². The predicted octanol–water partition coefficient (Wildman–Crippen LogP) is 5.69. The summed E-state index contributed by atoms with van der Waals surface area (Å²) in [6, 6.07) is 20.8. The van der Waals surface area contributed by atoms with Crippen molar-refractivity contribution in [1.29, 1.82) is 0 Å². The van der Waals surface area contributed by atoms with Crippen molar-refractivity contribution in [3.8, 4) is 0 Å². The van der Waals surface area contributed by atoms with Gasteiger partial charge < -0.3 is 14.1 Å². The van der Waals surface area contributed by atoms with Gasteiger partial charge in [-0.3, -0.25) is 0 Å². The van der Waals surface area contributed by atoms with Crippen molar-refractivity contribution in [2.24, 2.45) is 0 Å². The fourth-order valence-electron chi connectivity index (χ4n) is 4.82. The first-order chi connectivity index (χ1) is 15.9. The third-order valence-corrected chi connectivity index (χ3v) is 11.6. The summed E-state index contributed by atoms with van der Waals surface area (Å²) in [6.45, 7) is 13.3. The van der Waals surface area contributed by atoms with E-state index in [0.717, 1.165) is 0 Å². The highest BCUT2D eigenvalue weighted by molar-refractivity contribution is 6.99. The average molecular weight is 486 g/mol. The van der Waals surface area contributed by atoms with Crippen molar-refractivity contribution in [3.05, 3.63) is 60.7 Å². The number of nitrogens with zero attached hydrogens (tertiary/aromatic N) is 1. The molecule has 2 aromatic carbocycles. The lowest BCUT2D eigenvalue weighted by atomic mass is 9.90. The standard InChI is InChI=1S/C28H40FNO3Si/c1-26(2,3)33-25(31)30-20-17-28(29,18-21-30)19-22-32-34(27(4,5)6,23-13-9-7-10-14-23)24-15-11-8-12-16-24/h7-16H,17-22H2,1-6H3. The van der Waals surface area contributed by atoms with Gasteiger partial charge in [-0.25, -0.2) is 9.18 Å². The largest absolute Gasteiger partial charge is 0.444 e. The molecule has 186 valence electrons. The minimum atomic E-state index is -2.68. The minimum Gasteiger partial charge on any atom is -0.444 e. The van der Waals surface area contributed by atoms with Gasteiger partial charge in [-0.1, -0.05) is 81.4 Å². The second kappa shape index (κ2) is 10.2. The number of alkyl halides is 1. The summed E-state index contributed by atoms with van der Waals surface area (Å²) in [4.78, 5) is 14.0. The molecule has 1 aliphatic heterocycles. The van der Waals surface area contributed by atoms with Crippen LogP contribution in [-0.4, -0.2) is 50.3 Å². The zero-order valence-corrected chi connectivity index (χ0v) is 22.6. The Hall–Kier alpha value is -2.18. The molecule has 0 saturated carbocycles. The van der Waals surface area contributed by atoms with Crippen molar-refractivity contribution >= 4 is 24.8 Å². The van der Waals surface area contributed by atoms with Crippen molar-refractivity contribution in [1.82, 2.24) is 4.90 Å². The third-order valence-electron chi connectivity index (χ3n) is 6.60. The smallest absolute Gasteiger partial charge is 0.410 e. The lowest BCUT2D eigenvalue weighted by molar-refractivity contribution is -0.00148.